The molecular formula is C12H7F3N4OS. The van der Waals surface area contributed by atoms with Crippen LogP contribution in [0.2, 0.25) is 0 Å². The number of hydrogen-bond donors (Lipinski definition) is 1. The number of halogens is 3. The molecule has 0 fully saturated rings. The van der Waals surface area contributed by atoms with Crippen molar-refractivity contribution in [2.75, 3.05) is 5.73 Å². The van der Waals surface area contributed by atoms with Crippen LogP contribution in [-0.4, -0.2) is 15.1 Å². The fourth-order valence-corrected chi connectivity index (χ4v) is 2.24. The van der Waals surface area contributed by atoms with Gasteiger partial charge < -0.3 is 10.3 Å². The third kappa shape index (κ3) is 2.59. The van der Waals surface area contributed by atoms with Crippen LogP contribution >= 0.6 is 11.3 Å². The van der Waals surface area contributed by atoms with Crippen LogP contribution in [0.3, 0.4) is 0 Å². The lowest BCUT2D eigenvalue weighted by atomic mass is 10.1. The number of alkyl halides is 3. The summed E-state index contributed by atoms with van der Waals surface area (Å²) >= 11 is 1.32. The van der Waals surface area contributed by atoms with Crippen molar-refractivity contribution in [3.63, 3.8) is 0 Å². The SMILES string of the molecule is Nc1cc(C(F)(F)F)ccc1-c1nc(-c2cncs2)no1. The quantitative estimate of drug-likeness (QED) is 0.733. The first-order chi connectivity index (χ1) is 9.95. The normalized spacial score (nSPS) is 11.8. The zero-order chi connectivity index (χ0) is 15.0. The third-order valence-corrected chi connectivity index (χ3v) is 3.46. The Morgan fingerprint density at radius 1 is 1.24 bits per heavy atom. The highest BCUT2D eigenvalue weighted by Crippen LogP contribution is 2.34. The van der Waals surface area contributed by atoms with Gasteiger partial charge in [0.2, 0.25) is 5.82 Å². The van der Waals surface area contributed by atoms with E-state index in [2.05, 4.69) is 15.1 Å². The van der Waals surface area contributed by atoms with Gasteiger partial charge in [-0.15, -0.1) is 11.3 Å². The van der Waals surface area contributed by atoms with E-state index in [0.717, 1.165) is 12.1 Å². The summed E-state index contributed by atoms with van der Waals surface area (Å²) < 4.78 is 42.8. The Kier molecular flexibility index (Phi) is 3.13. The predicted octanol–water partition coefficient (Wildman–Crippen LogP) is 3.46. The van der Waals surface area contributed by atoms with Crippen molar-refractivity contribution in [3.05, 3.63) is 35.5 Å². The number of rotatable bonds is 2. The van der Waals surface area contributed by atoms with Gasteiger partial charge in [-0.2, -0.15) is 18.2 Å². The van der Waals surface area contributed by atoms with Gasteiger partial charge in [0.1, 0.15) is 0 Å². The lowest BCUT2D eigenvalue weighted by molar-refractivity contribution is -0.137. The number of nitrogens with two attached hydrogens (primary N) is 1. The summed E-state index contributed by atoms with van der Waals surface area (Å²) in [7, 11) is 0. The largest absolute Gasteiger partial charge is 0.416 e. The molecule has 0 amide bonds. The first-order valence-corrected chi connectivity index (χ1v) is 6.53. The zero-order valence-corrected chi connectivity index (χ0v) is 11.1. The minimum Gasteiger partial charge on any atom is -0.398 e. The van der Waals surface area contributed by atoms with E-state index in [4.69, 9.17) is 10.3 Å². The molecule has 0 spiro atoms. The summed E-state index contributed by atoms with van der Waals surface area (Å²) in [5.41, 5.74) is 6.60. The number of anilines is 1. The molecule has 0 saturated carbocycles. The van der Waals surface area contributed by atoms with E-state index in [1.165, 1.54) is 17.4 Å². The fourth-order valence-electron chi connectivity index (χ4n) is 1.69. The number of aromatic nitrogens is 3. The van der Waals surface area contributed by atoms with Crippen molar-refractivity contribution in [1.29, 1.82) is 0 Å². The molecule has 1 aromatic carbocycles. The van der Waals surface area contributed by atoms with Gasteiger partial charge in [-0.05, 0) is 18.2 Å². The molecule has 2 N–H and O–H groups in total. The van der Waals surface area contributed by atoms with Crippen molar-refractivity contribution in [3.8, 4) is 22.2 Å². The number of benzene rings is 1. The smallest absolute Gasteiger partial charge is 0.398 e. The van der Waals surface area contributed by atoms with Crippen molar-refractivity contribution in [1.82, 2.24) is 15.1 Å². The molecule has 0 aliphatic heterocycles. The van der Waals surface area contributed by atoms with Gasteiger partial charge in [0.25, 0.3) is 5.89 Å². The van der Waals surface area contributed by atoms with Crippen LogP contribution in [0.15, 0.2) is 34.4 Å². The number of nitrogen functional groups attached to an aromatic ring is 1. The maximum atomic E-state index is 12.6. The highest BCUT2D eigenvalue weighted by Gasteiger charge is 2.31. The van der Waals surface area contributed by atoms with E-state index in [9.17, 15) is 13.2 Å². The Morgan fingerprint density at radius 2 is 2.05 bits per heavy atom. The van der Waals surface area contributed by atoms with Crippen molar-refractivity contribution < 1.29 is 17.7 Å². The maximum Gasteiger partial charge on any atom is 0.416 e. The minimum absolute atomic E-state index is 0.0598. The summed E-state index contributed by atoms with van der Waals surface area (Å²) in [6, 6.07) is 2.97. The summed E-state index contributed by atoms with van der Waals surface area (Å²) in [6.45, 7) is 0. The summed E-state index contributed by atoms with van der Waals surface area (Å²) in [5, 5.41) is 3.75. The van der Waals surface area contributed by atoms with Crippen LogP contribution in [0.1, 0.15) is 5.56 Å². The fraction of sp³-hybridized carbons (Fsp3) is 0.0833. The van der Waals surface area contributed by atoms with Crippen molar-refractivity contribution >= 4 is 17.0 Å². The van der Waals surface area contributed by atoms with Crippen molar-refractivity contribution in [2.24, 2.45) is 0 Å². The lowest BCUT2D eigenvalue weighted by Crippen LogP contribution is -2.06. The Morgan fingerprint density at radius 3 is 2.67 bits per heavy atom. The molecule has 0 aliphatic rings. The topological polar surface area (TPSA) is 77.8 Å². The molecule has 5 nitrogen and oxygen atoms in total. The molecule has 3 aromatic rings. The van der Waals surface area contributed by atoms with Gasteiger partial charge in [0, 0.05) is 11.9 Å². The molecule has 108 valence electrons. The van der Waals surface area contributed by atoms with Gasteiger partial charge in [-0.1, -0.05) is 5.16 Å². The first kappa shape index (κ1) is 13.6. The molecule has 0 atom stereocenters. The van der Waals surface area contributed by atoms with Gasteiger partial charge >= 0.3 is 6.18 Å². The molecule has 2 heterocycles. The van der Waals surface area contributed by atoms with Crippen LogP contribution in [0.25, 0.3) is 22.2 Å². The summed E-state index contributed by atoms with van der Waals surface area (Å²) in [5.74, 6) is 0.372. The Hall–Kier alpha value is -2.42. The van der Waals surface area contributed by atoms with Crippen molar-refractivity contribution in [2.45, 2.75) is 6.18 Å². The average molecular weight is 312 g/mol. The molecule has 0 saturated heterocycles. The standard InChI is InChI=1S/C12H7F3N4OS/c13-12(14,15)6-1-2-7(8(16)3-6)11-18-10(19-20-11)9-4-17-5-21-9/h1-5H,16H2. The molecule has 3 rings (SSSR count). The Labute approximate surface area is 120 Å². The second-order valence-electron chi connectivity index (χ2n) is 4.09. The van der Waals surface area contributed by atoms with Crippen LogP contribution in [0, 0.1) is 0 Å². The molecular weight excluding hydrogens is 305 g/mol. The Bertz CT molecular complexity index is 767. The minimum atomic E-state index is -4.45. The molecule has 0 unspecified atom stereocenters. The van der Waals surface area contributed by atoms with E-state index in [1.807, 2.05) is 0 Å². The van der Waals surface area contributed by atoms with E-state index in [0.29, 0.717) is 10.7 Å². The highest BCUT2D eigenvalue weighted by atomic mass is 32.1. The zero-order valence-electron chi connectivity index (χ0n) is 10.3. The molecule has 9 heteroatoms. The third-order valence-electron chi connectivity index (χ3n) is 2.69. The second-order valence-corrected chi connectivity index (χ2v) is 4.97. The number of hydrogen-bond acceptors (Lipinski definition) is 6. The molecule has 0 bridgehead atoms. The van der Waals surface area contributed by atoms with Gasteiger partial charge in [-0.3, -0.25) is 4.98 Å². The van der Waals surface area contributed by atoms with E-state index in [-0.39, 0.29) is 17.1 Å². The molecule has 21 heavy (non-hydrogen) atoms. The van der Waals surface area contributed by atoms with Crippen LogP contribution < -0.4 is 5.73 Å². The lowest BCUT2D eigenvalue weighted by Gasteiger charge is -2.08. The monoisotopic (exact) mass is 312 g/mol. The van der Waals surface area contributed by atoms with E-state index < -0.39 is 11.7 Å². The summed E-state index contributed by atoms with van der Waals surface area (Å²) in [4.78, 5) is 8.68. The van der Waals surface area contributed by atoms with Gasteiger partial charge in [0.15, 0.2) is 0 Å². The first-order valence-electron chi connectivity index (χ1n) is 5.65. The van der Waals surface area contributed by atoms with Crippen LogP contribution in [-0.2, 0) is 6.18 Å². The summed E-state index contributed by atoms with van der Waals surface area (Å²) in [6.07, 6.45) is -2.88. The molecule has 2 aromatic heterocycles. The van der Waals surface area contributed by atoms with Crippen LogP contribution in [0.5, 0.6) is 0 Å². The predicted molar refractivity (Wildman–Crippen MR) is 70.3 cm³/mol. The van der Waals surface area contributed by atoms with E-state index in [1.54, 1.807) is 11.7 Å². The number of nitrogens with zero attached hydrogens (tertiary/aromatic N) is 3. The molecule has 0 aliphatic carbocycles. The highest BCUT2D eigenvalue weighted by molar-refractivity contribution is 7.13. The average Bonchev–Trinajstić information content (AvgIpc) is 3.08. The van der Waals surface area contributed by atoms with Gasteiger partial charge in [0.05, 0.1) is 21.5 Å². The Balaban J connectivity index is 1.98. The molecule has 0 radical (unpaired) electrons. The second kappa shape index (κ2) is 4.85. The van der Waals surface area contributed by atoms with Crippen LogP contribution in [0.4, 0.5) is 18.9 Å². The van der Waals surface area contributed by atoms with E-state index >= 15 is 0 Å². The van der Waals surface area contributed by atoms with Gasteiger partial charge in [-0.25, -0.2) is 0 Å². The number of thiazole rings is 1. The maximum absolute atomic E-state index is 12.6.